The molecule has 0 radical (unpaired) electrons. The molecule has 1 N–H and O–H groups in total. The van der Waals surface area contributed by atoms with Crippen molar-refractivity contribution in [3.63, 3.8) is 0 Å². The fourth-order valence-corrected chi connectivity index (χ4v) is 3.70. The molecular weight excluding hydrogens is 392 g/mol. The molecule has 158 valence electrons. The zero-order chi connectivity index (χ0) is 22.0. The van der Waals surface area contributed by atoms with Crippen LogP contribution in [0.2, 0.25) is 0 Å². The average Bonchev–Trinajstić information content (AvgIpc) is 2.73. The summed E-state index contributed by atoms with van der Waals surface area (Å²) in [6.07, 6.45) is 1.75. The Morgan fingerprint density at radius 2 is 2.00 bits per heavy atom. The molecule has 3 aromatic rings. The molecule has 7 heteroatoms. The molecule has 0 bridgehead atoms. The van der Waals surface area contributed by atoms with Crippen LogP contribution in [0.25, 0.3) is 6.58 Å². The van der Waals surface area contributed by atoms with E-state index in [0.29, 0.717) is 23.5 Å². The van der Waals surface area contributed by atoms with Crippen molar-refractivity contribution in [2.45, 2.75) is 33.3 Å². The molecule has 0 saturated heterocycles. The number of nitrogens with zero attached hydrogens (tertiary/aromatic N) is 3. The zero-order valence-electron chi connectivity index (χ0n) is 17.6. The summed E-state index contributed by atoms with van der Waals surface area (Å²) in [7, 11) is 0. The van der Waals surface area contributed by atoms with Crippen LogP contribution in [0.4, 0.5) is 17.2 Å². The fourth-order valence-electron chi connectivity index (χ4n) is 3.70. The van der Waals surface area contributed by atoms with Crippen LogP contribution in [0.1, 0.15) is 30.0 Å². The summed E-state index contributed by atoms with van der Waals surface area (Å²) >= 11 is 0. The maximum Gasteiger partial charge on any atom is 0.302 e. The van der Waals surface area contributed by atoms with Crippen LogP contribution in [-0.4, -0.2) is 22.5 Å². The minimum Gasteiger partial charge on any atom is -0.461 e. The van der Waals surface area contributed by atoms with E-state index in [0.717, 1.165) is 29.7 Å². The van der Waals surface area contributed by atoms with Crippen molar-refractivity contribution in [3.8, 4) is 0 Å². The Bertz CT molecular complexity index is 1300. The molecule has 1 aliphatic heterocycles. The minimum absolute atomic E-state index is 0.183. The molecule has 0 spiro atoms. The molecule has 4 rings (SSSR count). The SMILES string of the molecule is C=c1nc2c(c(=O)[nH]1)=Nc1cc(C)c(COC(C)=O)cc1N2CCCc1ccccc1. The maximum atomic E-state index is 12.6. The standard InChI is InChI=1S/C24H24N4O3/c1-15-12-20-21(13-19(15)14-31-17(3)29)28(11-7-10-18-8-5-4-6-9-18)23-22(27-20)24(30)26-16(2)25-23/h4-6,8-9,12-13H,2,7,10-11,14H2,1,3H3,(H,26,30). The number of H-pyrrole nitrogens is 1. The Labute approximate surface area is 179 Å². The van der Waals surface area contributed by atoms with Crippen LogP contribution in [0.3, 0.4) is 0 Å². The lowest BCUT2D eigenvalue weighted by Crippen LogP contribution is -2.42. The van der Waals surface area contributed by atoms with Crippen LogP contribution >= 0.6 is 0 Å². The number of carbonyl (C=O) groups excluding carboxylic acids is 1. The van der Waals surface area contributed by atoms with Gasteiger partial charge in [-0.3, -0.25) is 9.59 Å². The minimum atomic E-state index is -0.332. The van der Waals surface area contributed by atoms with E-state index in [-0.39, 0.29) is 23.5 Å². The third-order valence-corrected chi connectivity index (χ3v) is 5.26. The van der Waals surface area contributed by atoms with Gasteiger partial charge in [-0.1, -0.05) is 36.9 Å². The number of aromatic nitrogens is 2. The smallest absolute Gasteiger partial charge is 0.302 e. The Morgan fingerprint density at radius 1 is 1.23 bits per heavy atom. The summed E-state index contributed by atoms with van der Waals surface area (Å²) in [6, 6.07) is 14.1. The second-order valence-corrected chi connectivity index (χ2v) is 7.59. The van der Waals surface area contributed by atoms with Gasteiger partial charge in [0.2, 0.25) is 0 Å². The molecule has 0 amide bonds. The predicted molar refractivity (Wildman–Crippen MR) is 119 cm³/mol. The third kappa shape index (κ3) is 4.40. The van der Waals surface area contributed by atoms with Gasteiger partial charge in [0.1, 0.15) is 12.1 Å². The largest absolute Gasteiger partial charge is 0.461 e. The summed E-state index contributed by atoms with van der Waals surface area (Å²) in [5.74, 6) is 0.165. The number of hydrogen-bond donors (Lipinski definition) is 1. The first kappa shape index (κ1) is 20.5. The first-order valence-electron chi connectivity index (χ1n) is 10.2. The molecular formula is C24H24N4O3. The highest BCUT2D eigenvalue weighted by atomic mass is 16.5. The van der Waals surface area contributed by atoms with E-state index in [9.17, 15) is 9.59 Å². The first-order valence-corrected chi connectivity index (χ1v) is 10.2. The lowest BCUT2D eigenvalue weighted by atomic mass is 10.0. The molecule has 0 atom stereocenters. The van der Waals surface area contributed by atoms with Crippen LogP contribution in [0.15, 0.2) is 52.3 Å². The number of ether oxygens (including phenoxy) is 1. The third-order valence-electron chi connectivity index (χ3n) is 5.26. The van der Waals surface area contributed by atoms with E-state index in [2.05, 4.69) is 33.7 Å². The molecule has 0 saturated carbocycles. The van der Waals surface area contributed by atoms with E-state index < -0.39 is 0 Å². The van der Waals surface area contributed by atoms with Crippen molar-refractivity contribution in [1.82, 2.24) is 9.97 Å². The summed E-state index contributed by atoms with van der Waals surface area (Å²) in [5.41, 5.74) is 4.60. The van der Waals surface area contributed by atoms with Gasteiger partial charge in [0.15, 0.2) is 11.2 Å². The van der Waals surface area contributed by atoms with Gasteiger partial charge in [-0.2, -0.15) is 0 Å². The van der Waals surface area contributed by atoms with E-state index in [1.54, 1.807) is 0 Å². The highest BCUT2D eigenvalue weighted by molar-refractivity contribution is 5.77. The van der Waals surface area contributed by atoms with Crippen molar-refractivity contribution >= 4 is 29.7 Å². The van der Waals surface area contributed by atoms with E-state index in [4.69, 9.17) is 4.74 Å². The topological polar surface area (TPSA) is 87.6 Å². The molecule has 2 aromatic carbocycles. The molecule has 1 aliphatic rings. The molecule has 0 aliphatic carbocycles. The number of nitrogens with one attached hydrogen (secondary N) is 1. The Kier molecular flexibility index (Phi) is 5.66. The quantitative estimate of drug-likeness (QED) is 0.624. The normalized spacial score (nSPS) is 12.0. The molecule has 0 fully saturated rings. The maximum absolute atomic E-state index is 12.6. The van der Waals surface area contributed by atoms with Crippen LogP contribution in [-0.2, 0) is 22.6 Å². The number of hydrogen-bond acceptors (Lipinski definition) is 6. The van der Waals surface area contributed by atoms with Gasteiger partial charge in [0.25, 0.3) is 5.56 Å². The Hall–Kier alpha value is -3.74. The van der Waals surface area contributed by atoms with Crippen molar-refractivity contribution in [2.24, 2.45) is 4.99 Å². The zero-order valence-corrected chi connectivity index (χ0v) is 17.6. The van der Waals surface area contributed by atoms with E-state index >= 15 is 0 Å². The van der Waals surface area contributed by atoms with Gasteiger partial charge >= 0.3 is 5.97 Å². The average molecular weight is 416 g/mol. The second kappa shape index (κ2) is 8.55. The number of benzene rings is 2. The lowest BCUT2D eigenvalue weighted by Gasteiger charge is -2.29. The summed E-state index contributed by atoms with van der Waals surface area (Å²) in [5, 5.41) is 0.284. The highest BCUT2D eigenvalue weighted by Crippen LogP contribution is 2.37. The molecule has 1 aromatic heterocycles. The summed E-state index contributed by atoms with van der Waals surface area (Å²) in [6.45, 7) is 7.95. The molecule has 0 unspecified atom stereocenters. The number of aryl methyl sites for hydroxylation is 2. The van der Waals surface area contributed by atoms with Gasteiger partial charge in [0.05, 0.1) is 11.4 Å². The number of aromatic amines is 1. The summed E-state index contributed by atoms with van der Waals surface area (Å²) in [4.78, 5) is 37.6. The molecule has 7 nitrogen and oxygen atoms in total. The van der Waals surface area contributed by atoms with Crippen molar-refractivity contribution < 1.29 is 9.53 Å². The van der Waals surface area contributed by atoms with Gasteiger partial charge < -0.3 is 14.6 Å². The van der Waals surface area contributed by atoms with Gasteiger partial charge in [-0.25, -0.2) is 9.98 Å². The van der Waals surface area contributed by atoms with Crippen molar-refractivity contribution in [1.29, 1.82) is 0 Å². The number of fused-ring (bicyclic) bond motifs is 2. The number of carbonyl (C=O) groups is 1. The van der Waals surface area contributed by atoms with Crippen LogP contribution in [0.5, 0.6) is 0 Å². The summed E-state index contributed by atoms with van der Waals surface area (Å²) < 4.78 is 5.21. The fraction of sp³-hybridized carbons (Fsp3) is 0.250. The van der Waals surface area contributed by atoms with Crippen molar-refractivity contribution in [2.75, 3.05) is 11.4 Å². The van der Waals surface area contributed by atoms with Gasteiger partial charge in [-0.15, -0.1) is 0 Å². The predicted octanol–water partition coefficient (Wildman–Crippen LogP) is 2.59. The van der Waals surface area contributed by atoms with E-state index in [1.807, 2.05) is 42.2 Å². The van der Waals surface area contributed by atoms with Crippen LogP contribution < -0.4 is 21.3 Å². The van der Waals surface area contributed by atoms with Crippen LogP contribution in [0, 0.1) is 6.92 Å². The van der Waals surface area contributed by atoms with E-state index in [1.165, 1.54) is 12.5 Å². The monoisotopic (exact) mass is 416 g/mol. The second-order valence-electron chi connectivity index (χ2n) is 7.59. The van der Waals surface area contributed by atoms with Gasteiger partial charge in [-0.05, 0) is 48.6 Å². The lowest BCUT2D eigenvalue weighted by molar-refractivity contribution is -0.142. The first-order chi connectivity index (χ1) is 14.9. The number of esters is 1. The van der Waals surface area contributed by atoms with Gasteiger partial charge in [0, 0.05) is 13.5 Å². The Morgan fingerprint density at radius 3 is 2.74 bits per heavy atom. The Balaban J connectivity index is 1.74. The molecule has 2 heterocycles. The highest BCUT2D eigenvalue weighted by Gasteiger charge is 2.24. The number of rotatable bonds is 6. The molecule has 31 heavy (non-hydrogen) atoms. The van der Waals surface area contributed by atoms with Crippen molar-refractivity contribution in [3.05, 3.63) is 80.3 Å². The number of anilines is 2.